The van der Waals surface area contributed by atoms with Crippen molar-refractivity contribution in [3.05, 3.63) is 157 Å². The lowest BCUT2D eigenvalue weighted by Crippen LogP contribution is -2.15. The van der Waals surface area contributed by atoms with E-state index in [9.17, 15) is 0 Å². The van der Waals surface area contributed by atoms with Crippen LogP contribution in [-0.2, 0) is 5.41 Å². The number of nitrogens with zero attached hydrogens (tertiary/aromatic N) is 4. The largest absolute Gasteiger partial charge is 0.436 e. The third-order valence-corrected chi connectivity index (χ3v) is 10.0. The minimum Gasteiger partial charge on any atom is -0.436 e. The summed E-state index contributed by atoms with van der Waals surface area (Å²) in [6.45, 7) is 4.61. The molecule has 232 valence electrons. The zero-order chi connectivity index (χ0) is 32.7. The molecule has 6 aromatic carbocycles. The van der Waals surface area contributed by atoms with E-state index in [-0.39, 0.29) is 5.41 Å². The summed E-state index contributed by atoms with van der Waals surface area (Å²) in [5, 5.41) is 2.37. The van der Waals surface area contributed by atoms with Gasteiger partial charge >= 0.3 is 0 Å². The van der Waals surface area contributed by atoms with Crippen molar-refractivity contribution in [3.63, 3.8) is 0 Å². The van der Waals surface area contributed by atoms with E-state index in [1.54, 1.807) is 0 Å². The van der Waals surface area contributed by atoms with Gasteiger partial charge in [-0.05, 0) is 41.0 Å². The highest BCUT2D eigenvalue weighted by Gasteiger charge is 2.40. The van der Waals surface area contributed by atoms with Crippen LogP contribution in [0.1, 0.15) is 25.0 Å². The smallest absolute Gasteiger partial charge is 0.227 e. The lowest BCUT2D eigenvalue weighted by Gasteiger charge is -2.21. The zero-order valence-electron chi connectivity index (χ0n) is 27.1. The Morgan fingerprint density at radius 3 is 2.02 bits per heavy atom. The quantitative estimate of drug-likeness (QED) is 0.194. The molecule has 0 saturated heterocycles. The Balaban J connectivity index is 1.30. The number of hydrogen-bond acceptors (Lipinski definition) is 4. The molecule has 0 bridgehead atoms. The van der Waals surface area contributed by atoms with E-state index in [2.05, 4.69) is 109 Å². The van der Waals surface area contributed by atoms with Crippen molar-refractivity contribution in [1.29, 1.82) is 0 Å². The van der Waals surface area contributed by atoms with E-state index in [0.717, 1.165) is 50.3 Å². The van der Waals surface area contributed by atoms with Crippen LogP contribution in [-0.4, -0.2) is 19.5 Å². The van der Waals surface area contributed by atoms with Crippen molar-refractivity contribution in [1.82, 2.24) is 19.5 Å². The zero-order valence-corrected chi connectivity index (χ0v) is 27.1. The average molecular weight is 631 g/mol. The van der Waals surface area contributed by atoms with Gasteiger partial charge in [-0.3, -0.25) is 4.57 Å². The summed E-state index contributed by atoms with van der Waals surface area (Å²) in [4.78, 5) is 15.5. The van der Waals surface area contributed by atoms with E-state index >= 15 is 0 Å². The van der Waals surface area contributed by atoms with Crippen molar-refractivity contribution in [2.45, 2.75) is 19.3 Å². The third kappa shape index (κ3) is 4.09. The molecule has 0 amide bonds. The topological polar surface area (TPSA) is 56.7 Å². The van der Waals surface area contributed by atoms with Gasteiger partial charge in [-0.25, -0.2) is 15.0 Å². The van der Waals surface area contributed by atoms with E-state index in [1.807, 2.05) is 54.6 Å². The van der Waals surface area contributed by atoms with Gasteiger partial charge < -0.3 is 4.42 Å². The van der Waals surface area contributed by atoms with Crippen LogP contribution in [0.2, 0.25) is 0 Å². The van der Waals surface area contributed by atoms with Crippen LogP contribution in [0.5, 0.6) is 0 Å². The molecule has 0 radical (unpaired) electrons. The summed E-state index contributed by atoms with van der Waals surface area (Å²) in [5.74, 6) is 2.15. The SMILES string of the molecule is CC1(C)c2ccc3c4ccccc4n(-c4cc(-c5ccccc5)nc(-c5ccccc5)n4)c3c2-c2ccc3oc(-c4ccccc4)nc3c21. The number of benzene rings is 6. The van der Waals surface area contributed by atoms with Gasteiger partial charge in [0.1, 0.15) is 11.3 Å². The third-order valence-electron chi connectivity index (χ3n) is 10.0. The lowest BCUT2D eigenvalue weighted by atomic mass is 9.81. The van der Waals surface area contributed by atoms with E-state index < -0.39 is 0 Å². The summed E-state index contributed by atoms with van der Waals surface area (Å²) in [7, 11) is 0. The fraction of sp³-hybridized carbons (Fsp3) is 0.0682. The van der Waals surface area contributed by atoms with Crippen LogP contribution in [0.15, 0.2) is 150 Å². The first-order valence-electron chi connectivity index (χ1n) is 16.6. The van der Waals surface area contributed by atoms with Gasteiger partial charge in [-0.2, -0.15) is 0 Å². The Morgan fingerprint density at radius 2 is 1.27 bits per heavy atom. The Labute approximate surface area is 283 Å². The maximum absolute atomic E-state index is 6.38. The highest BCUT2D eigenvalue weighted by molar-refractivity contribution is 6.16. The number of oxazole rings is 1. The van der Waals surface area contributed by atoms with Crippen LogP contribution < -0.4 is 0 Å². The molecule has 5 nitrogen and oxygen atoms in total. The second-order valence-electron chi connectivity index (χ2n) is 13.2. The van der Waals surface area contributed by atoms with Gasteiger partial charge in [0.2, 0.25) is 5.89 Å². The molecule has 0 saturated carbocycles. The molecule has 3 aromatic heterocycles. The Bertz CT molecular complexity index is 2670. The molecule has 0 aliphatic heterocycles. The van der Waals surface area contributed by atoms with Crippen LogP contribution in [0.25, 0.3) is 83.9 Å². The first kappa shape index (κ1) is 27.8. The molecule has 5 heteroatoms. The van der Waals surface area contributed by atoms with E-state index in [0.29, 0.717) is 11.7 Å². The fourth-order valence-electron chi connectivity index (χ4n) is 7.78. The second kappa shape index (κ2) is 10.3. The number of rotatable bonds is 4. The van der Waals surface area contributed by atoms with Crippen molar-refractivity contribution in [2.75, 3.05) is 0 Å². The van der Waals surface area contributed by atoms with Gasteiger partial charge in [0.25, 0.3) is 0 Å². The number of fused-ring (bicyclic) bond motifs is 9. The maximum Gasteiger partial charge on any atom is 0.227 e. The van der Waals surface area contributed by atoms with Gasteiger partial charge in [-0.1, -0.05) is 129 Å². The van der Waals surface area contributed by atoms with Gasteiger partial charge in [0.05, 0.1) is 16.7 Å². The predicted octanol–water partition coefficient (Wildman–Crippen LogP) is 11.0. The number of para-hydroxylation sites is 1. The molecule has 0 unspecified atom stereocenters. The molecule has 10 rings (SSSR count). The molecule has 9 aromatic rings. The van der Waals surface area contributed by atoms with Crippen LogP contribution >= 0.6 is 0 Å². The van der Waals surface area contributed by atoms with Crippen LogP contribution in [0, 0.1) is 0 Å². The summed E-state index contributed by atoms with van der Waals surface area (Å²) in [6, 6.07) is 50.4. The minimum absolute atomic E-state index is 0.319. The molecule has 49 heavy (non-hydrogen) atoms. The molecule has 0 atom stereocenters. The van der Waals surface area contributed by atoms with Gasteiger partial charge in [0.15, 0.2) is 11.4 Å². The molecule has 1 aliphatic carbocycles. The molecule has 1 aliphatic rings. The standard InChI is InChI=1S/C44H30N4O/c1-44(2)33-24-22-31-30-20-12-13-21-35(30)48(37-26-34(27-14-6-3-7-15-27)45-42(46-37)28-16-8-4-9-17-28)41(31)38(33)32-23-25-36-40(39(32)44)47-43(49-36)29-18-10-5-11-19-29/h3-26H,1-2H3. The number of hydrogen-bond donors (Lipinski definition) is 0. The molecule has 0 N–H and O–H groups in total. The number of aromatic nitrogens is 4. The van der Waals surface area contributed by atoms with Crippen LogP contribution in [0.4, 0.5) is 0 Å². The summed E-state index contributed by atoms with van der Waals surface area (Å²) >= 11 is 0. The van der Waals surface area contributed by atoms with Gasteiger partial charge in [-0.15, -0.1) is 0 Å². The first-order chi connectivity index (χ1) is 24.1. The maximum atomic E-state index is 6.38. The van der Waals surface area contributed by atoms with Crippen molar-refractivity contribution < 1.29 is 4.42 Å². The Hall–Kier alpha value is -6.33. The molecule has 3 heterocycles. The van der Waals surface area contributed by atoms with Crippen molar-refractivity contribution in [3.8, 4) is 51.0 Å². The summed E-state index contributed by atoms with van der Waals surface area (Å²) in [5.41, 5.74) is 12.3. The molecule has 0 spiro atoms. The molecular formula is C44H30N4O. The second-order valence-corrected chi connectivity index (χ2v) is 13.2. The Morgan fingerprint density at radius 1 is 0.592 bits per heavy atom. The summed E-state index contributed by atoms with van der Waals surface area (Å²) < 4.78 is 8.72. The van der Waals surface area contributed by atoms with Gasteiger partial charge in [0, 0.05) is 44.5 Å². The molecule has 0 fully saturated rings. The monoisotopic (exact) mass is 630 g/mol. The lowest BCUT2D eigenvalue weighted by molar-refractivity contribution is 0.619. The van der Waals surface area contributed by atoms with Crippen molar-refractivity contribution in [2.24, 2.45) is 0 Å². The average Bonchev–Trinajstić information content (AvgIpc) is 3.81. The van der Waals surface area contributed by atoms with E-state index in [4.69, 9.17) is 19.4 Å². The molecular weight excluding hydrogens is 601 g/mol. The minimum atomic E-state index is -0.319. The normalized spacial score (nSPS) is 13.3. The first-order valence-corrected chi connectivity index (χ1v) is 16.6. The summed E-state index contributed by atoms with van der Waals surface area (Å²) in [6.07, 6.45) is 0. The Kier molecular flexibility index (Phi) is 5.85. The predicted molar refractivity (Wildman–Crippen MR) is 198 cm³/mol. The van der Waals surface area contributed by atoms with Crippen LogP contribution in [0.3, 0.4) is 0 Å². The van der Waals surface area contributed by atoms with E-state index in [1.165, 1.54) is 33.0 Å². The van der Waals surface area contributed by atoms with Crippen molar-refractivity contribution >= 4 is 32.9 Å². The highest BCUT2D eigenvalue weighted by atomic mass is 16.3. The fourth-order valence-corrected chi connectivity index (χ4v) is 7.78. The highest BCUT2D eigenvalue weighted by Crippen LogP contribution is 2.55.